The molecular formula is C24H33N7O3. The van der Waals surface area contributed by atoms with Crippen LogP contribution in [-0.4, -0.2) is 82.1 Å². The molecule has 0 amide bonds. The number of oxazole rings is 1. The van der Waals surface area contributed by atoms with E-state index in [4.69, 9.17) is 24.7 Å². The Kier molecular flexibility index (Phi) is 6.53. The second kappa shape index (κ2) is 9.73. The Bertz CT molecular complexity index is 1130. The Morgan fingerprint density at radius 1 is 1.09 bits per heavy atom. The van der Waals surface area contributed by atoms with E-state index >= 15 is 0 Å². The van der Waals surface area contributed by atoms with Crippen molar-refractivity contribution in [3.05, 3.63) is 35.5 Å². The minimum atomic E-state index is 0.400. The van der Waals surface area contributed by atoms with Crippen LogP contribution in [-0.2, 0) is 24.1 Å². The van der Waals surface area contributed by atoms with Crippen LogP contribution in [0.2, 0.25) is 0 Å². The zero-order valence-corrected chi connectivity index (χ0v) is 20.2. The molecule has 182 valence electrons. The number of anilines is 1. The number of fused-ring (bicyclic) bond motifs is 1. The van der Waals surface area contributed by atoms with Crippen LogP contribution in [0.25, 0.3) is 17.3 Å². The van der Waals surface area contributed by atoms with Gasteiger partial charge in [-0.1, -0.05) is 0 Å². The molecule has 0 atom stereocenters. The standard InChI is InChI=1S/C24H33N7O3/c1-16(2)30-8-6-29(7-9-30)15-18-14-27-24(34-18)22-19-4-10-33-11-5-21(19)31(28-22)17-12-20(25)23(32-3)26-13-17/h12-14,16H,4-11,15,25H2,1-3H3. The Labute approximate surface area is 199 Å². The lowest BCUT2D eigenvalue weighted by Crippen LogP contribution is -2.48. The third-order valence-electron chi connectivity index (χ3n) is 6.64. The topological polar surface area (TPSA) is 108 Å². The molecule has 0 unspecified atom stereocenters. The Balaban J connectivity index is 1.41. The fourth-order valence-electron chi connectivity index (χ4n) is 4.73. The van der Waals surface area contributed by atoms with Gasteiger partial charge < -0.3 is 19.6 Å². The smallest absolute Gasteiger partial charge is 0.247 e. The molecule has 34 heavy (non-hydrogen) atoms. The highest BCUT2D eigenvalue weighted by atomic mass is 16.5. The maximum absolute atomic E-state index is 6.22. The van der Waals surface area contributed by atoms with Crippen LogP contribution in [0.3, 0.4) is 0 Å². The van der Waals surface area contributed by atoms with Crippen molar-refractivity contribution in [2.75, 3.05) is 52.2 Å². The molecule has 1 fully saturated rings. The van der Waals surface area contributed by atoms with Crippen LogP contribution in [0.15, 0.2) is 22.9 Å². The first-order valence-electron chi connectivity index (χ1n) is 11.9. The van der Waals surface area contributed by atoms with Gasteiger partial charge in [-0.3, -0.25) is 9.80 Å². The number of methoxy groups -OCH3 is 1. The molecule has 5 heterocycles. The second-order valence-corrected chi connectivity index (χ2v) is 9.13. The minimum Gasteiger partial charge on any atom is -0.480 e. The van der Waals surface area contributed by atoms with Crippen molar-refractivity contribution in [2.45, 2.75) is 39.3 Å². The van der Waals surface area contributed by atoms with Gasteiger partial charge in [-0.2, -0.15) is 5.10 Å². The summed E-state index contributed by atoms with van der Waals surface area (Å²) in [6, 6.07) is 2.41. The highest BCUT2D eigenvalue weighted by Crippen LogP contribution is 2.31. The van der Waals surface area contributed by atoms with E-state index in [1.165, 1.54) is 0 Å². The first-order valence-corrected chi connectivity index (χ1v) is 11.9. The maximum atomic E-state index is 6.22. The van der Waals surface area contributed by atoms with Crippen molar-refractivity contribution >= 4 is 5.69 Å². The molecule has 0 aromatic carbocycles. The summed E-state index contributed by atoms with van der Waals surface area (Å²) in [7, 11) is 1.55. The normalized spacial score (nSPS) is 17.6. The summed E-state index contributed by atoms with van der Waals surface area (Å²) in [6.07, 6.45) is 5.03. The molecule has 0 bridgehead atoms. The number of pyridine rings is 1. The number of rotatable bonds is 6. The van der Waals surface area contributed by atoms with E-state index in [1.807, 2.05) is 16.9 Å². The third-order valence-corrected chi connectivity index (χ3v) is 6.64. The maximum Gasteiger partial charge on any atom is 0.247 e. The molecule has 0 saturated carbocycles. The second-order valence-electron chi connectivity index (χ2n) is 9.13. The number of ether oxygens (including phenoxy) is 2. The first kappa shape index (κ1) is 22.8. The van der Waals surface area contributed by atoms with Gasteiger partial charge in [0.25, 0.3) is 0 Å². The summed E-state index contributed by atoms with van der Waals surface area (Å²) in [5.74, 6) is 1.80. The molecule has 10 heteroatoms. The molecular weight excluding hydrogens is 434 g/mol. The number of nitrogens with zero attached hydrogens (tertiary/aromatic N) is 6. The summed E-state index contributed by atoms with van der Waals surface area (Å²) in [6.45, 7) is 10.8. The largest absolute Gasteiger partial charge is 0.480 e. The van der Waals surface area contributed by atoms with Crippen LogP contribution < -0.4 is 10.5 Å². The van der Waals surface area contributed by atoms with Crippen molar-refractivity contribution in [1.29, 1.82) is 0 Å². The SMILES string of the molecule is COc1ncc(-n2nc(-c3ncc(CN4CCN(C(C)C)CC4)o3)c3c2CCOCC3)cc1N. The van der Waals surface area contributed by atoms with Crippen LogP contribution in [0.1, 0.15) is 30.9 Å². The lowest BCUT2D eigenvalue weighted by Gasteiger charge is -2.36. The number of aromatic nitrogens is 4. The average Bonchev–Trinajstić information content (AvgIpc) is 3.36. The van der Waals surface area contributed by atoms with Gasteiger partial charge in [0.15, 0.2) is 5.69 Å². The first-order chi connectivity index (χ1) is 16.5. The van der Waals surface area contributed by atoms with Gasteiger partial charge >= 0.3 is 0 Å². The van der Waals surface area contributed by atoms with E-state index in [1.54, 1.807) is 13.3 Å². The number of piperazine rings is 1. The van der Waals surface area contributed by atoms with Crippen molar-refractivity contribution < 1.29 is 13.9 Å². The Hall–Kier alpha value is -2.95. The summed E-state index contributed by atoms with van der Waals surface area (Å²) in [5.41, 5.74) is 10.3. The summed E-state index contributed by atoms with van der Waals surface area (Å²) < 4.78 is 19.1. The Morgan fingerprint density at radius 3 is 2.62 bits per heavy atom. The van der Waals surface area contributed by atoms with Crippen LogP contribution in [0.5, 0.6) is 5.88 Å². The van der Waals surface area contributed by atoms with Crippen LogP contribution >= 0.6 is 0 Å². The lowest BCUT2D eigenvalue weighted by atomic mass is 10.1. The van der Waals surface area contributed by atoms with Gasteiger partial charge in [0.1, 0.15) is 5.76 Å². The molecule has 3 aromatic heterocycles. The average molecular weight is 468 g/mol. The molecule has 0 spiro atoms. The third kappa shape index (κ3) is 4.53. The molecule has 5 rings (SSSR count). The van der Waals surface area contributed by atoms with E-state index in [9.17, 15) is 0 Å². The summed E-state index contributed by atoms with van der Waals surface area (Å²) in [4.78, 5) is 13.9. The minimum absolute atomic E-state index is 0.400. The van der Waals surface area contributed by atoms with Crippen LogP contribution in [0, 0.1) is 0 Å². The molecule has 0 radical (unpaired) electrons. The van der Waals surface area contributed by atoms with Crippen molar-refractivity contribution in [3.8, 4) is 23.2 Å². The summed E-state index contributed by atoms with van der Waals surface area (Å²) in [5, 5.41) is 4.91. The van der Waals surface area contributed by atoms with Crippen molar-refractivity contribution in [3.63, 3.8) is 0 Å². The van der Waals surface area contributed by atoms with E-state index < -0.39 is 0 Å². The van der Waals surface area contributed by atoms with Gasteiger partial charge in [-0.15, -0.1) is 0 Å². The molecule has 1 saturated heterocycles. The van der Waals surface area contributed by atoms with Gasteiger partial charge in [0, 0.05) is 44.2 Å². The van der Waals surface area contributed by atoms with Gasteiger partial charge in [0.2, 0.25) is 11.8 Å². The highest BCUT2D eigenvalue weighted by Gasteiger charge is 2.26. The Morgan fingerprint density at radius 2 is 1.88 bits per heavy atom. The quantitative estimate of drug-likeness (QED) is 0.583. The zero-order chi connectivity index (χ0) is 23.7. The fourth-order valence-corrected chi connectivity index (χ4v) is 4.73. The van der Waals surface area contributed by atoms with E-state index in [0.717, 1.165) is 74.0 Å². The number of nitrogens with two attached hydrogens (primary N) is 1. The van der Waals surface area contributed by atoms with E-state index in [2.05, 4.69) is 33.6 Å². The zero-order valence-electron chi connectivity index (χ0n) is 20.2. The predicted molar refractivity (Wildman–Crippen MR) is 128 cm³/mol. The van der Waals surface area contributed by atoms with Crippen molar-refractivity contribution in [1.82, 2.24) is 29.5 Å². The number of hydrogen-bond donors (Lipinski definition) is 1. The lowest BCUT2D eigenvalue weighted by molar-refractivity contribution is 0.0992. The highest BCUT2D eigenvalue weighted by molar-refractivity contribution is 5.59. The molecule has 0 aliphatic carbocycles. The molecule has 3 aromatic rings. The molecule has 10 nitrogen and oxygen atoms in total. The monoisotopic (exact) mass is 467 g/mol. The van der Waals surface area contributed by atoms with E-state index in [-0.39, 0.29) is 0 Å². The van der Waals surface area contributed by atoms with Gasteiger partial charge in [0.05, 0.1) is 56.3 Å². The fraction of sp³-hybridized carbons (Fsp3) is 0.542. The number of hydrogen-bond acceptors (Lipinski definition) is 9. The number of nitrogen functional groups attached to an aromatic ring is 1. The van der Waals surface area contributed by atoms with Gasteiger partial charge in [-0.05, 0) is 26.3 Å². The van der Waals surface area contributed by atoms with E-state index in [0.29, 0.717) is 36.7 Å². The molecule has 2 aliphatic heterocycles. The summed E-state index contributed by atoms with van der Waals surface area (Å²) >= 11 is 0. The van der Waals surface area contributed by atoms with Gasteiger partial charge in [-0.25, -0.2) is 14.6 Å². The molecule has 2 N–H and O–H groups in total. The molecule has 2 aliphatic rings. The van der Waals surface area contributed by atoms with Crippen LogP contribution in [0.4, 0.5) is 5.69 Å². The van der Waals surface area contributed by atoms with Crippen molar-refractivity contribution in [2.24, 2.45) is 0 Å². The predicted octanol–water partition coefficient (Wildman–Crippen LogP) is 2.15.